The molecule has 6 aromatic rings. The number of hydrogen-bond acceptors (Lipinski definition) is 4. The van der Waals surface area contributed by atoms with Gasteiger partial charge in [0.15, 0.2) is 0 Å². The van der Waals surface area contributed by atoms with Crippen molar-refractivity contribution in [2.75, 3.05) is 0 Å². The van der Waals surface area contributed by atoms with E-state index in [1.54, 1.807) is 67.6 Å². The molecule has 10 heteroatoms. The van der Waals surface area contributed by atoms with Crippen LogP contribution in [0.5, 0.6) is 0 Å². The molecule has 0 radical (unpaired) electrons. The third kappa shape index (κ3) is 73.7. The third-order valence-corrected chi connectivity index (χ3v) is 8.81. The summed E-state index contributed by atoms with van der Waals surface area (Å²) >= 11 is 0. The van der Waals surface area contributed by atoms with Gasteiger partial charge in [-0.3, -0.25) is 9.11 Å². The van der Waals surface area contributed by atoms with Gasteiger partial charge in [0.2, 0.25) is 0 Å². The second kappa shape index (κ2) is 70.0. The molecule has 0 atom stereocenters. The SMILES string of the molecule is C.C.C.C.C.C.C.C.C1CCCC1.CCC.CCc1ccccc1.CCc1ccccc1.O=S(=O)(O)Cc1ccccc1.O=S(=O)(O)Cc1ccccc1.[CH2-]C.[Li+].[U].[c-]1ccccc1.c1ccccc1. The van der Waals surface area contributed by atoms with E-state index in [0.29, 0.717) is 11.1 Å². The van der Waals surface area contributed by atoms with E-state index in [4.69, 9.17) is 9.11 Å². The van der Waals surface area contributed by atoms with Crippen molar-refractivity contribution < 1.29 is 75.9 Å². The number of benzene rings is 6. The van der Waals surface area contributed by atoms with E-state index in [-0.39, 0.29) is 121 Å². The van der Waals surface area contributed by atoms with Crippen molar-refractivity contribution in [3.63, 3.8) is 0 Å². The standard InChI is InChI=1S/2C8H10.2C7H8O3S.C6H6.C6H5.C5H10.C3H8.C2H5.8CH4.Li.U/c2*1-2-8-6-4-3-5-7-8;2*8-11(9,10)6-7-4-2-1-3-5-7;2*1-2-4-6-5-3-1;1-2-4-5-3-1;1-3-2;1-2;;;;;;;;;;/h2*3-7H,2H2,1H3;2*1-5H,6H2,(H,8,9,10);1-6H;1-5H;1-5H2;3H2,1-2H3;1H2,2H3;8*1H4;;/q;;;;;-1;;;-1;;;;;;;;;+1;. The molecule has 1 aliphatic rings. The molecule has 2 N–H and O–H groups in total. The molecule has 70 heavy (non-hydrogen) atoms. The van der Waals surface area contributed by atoms with Crippen LogP contribution in [0.2, 0.25) is 0 Å². The van der Waals surface area contributed by atoms with E-state index in [2.05, 4.69) is 89.2 Å². The Kier molecular flexibility index (Phi) is 96.4. The molecule has 0 aromatic heterocycles. The van der Waals surface area contributed by atoms with Crippen molar-refractivity contribution in [2.24, 2.45) is 0 Å². The van der Waals surface area contributed by atoms with Gasteiger partial charge in [0.05, 0.1) is 0 Å². The molecule has 0 saturated heterocycles. The fourth-order valence-electron chi connectivity index (χ4n) is 4.61. The van der Waals surface area contributed by atoms with E-state index < -0.39 is 20.2 Å². The minimum absolute atomic E-state index is 0. The van der Waals surface area contributed by atoms with Gasteiger partial charge < -0.3 is 6.92 Å². The Morgan fingerprint density at radius 3 is 0.686 bits per heavy atom. The molecule has 0 unspecified atom stereocenters. The summed E-state index contributed by atoms with van der Waals surface area (Å²) in [5.41, 5.74) is 4.00. The van der Waals surface area contributed by atoms with Crippen LogP contribution in [0.3, 0.4) is 0 Å². The van der Waals surface area contributed by atoms with Gasteiger partial charge in [0.1, 0.15) is 11.5 Å². The second-order valence-corrected chi connectivity index (χ2v) is 15.7. The average molecular weight is 1230 g/mol. The molecule has 396 valence electrons. The molecule has 6 nitrogen and oxygen atoms in total. The van der Waals surface area contributed by atoms with Gasteiger partial charge in [-0.25, -0.2) is 0 Å². The van der Waals surface area contributed by atoms with E-state index in [1.807, 2.05) is 78.9 Å². The molecule has 0 spiro atoms. The molecular formula is C60H102LiO6S2U-. The van der Waals surface area contributed by atoms with Gasteiger partial charge in [-0.05, 0) is 35.1 Å². The van der Waals surface area contributed by atoms with Crippen LogP contribution in [0.1, 0.15) is 155 Å². The number of rotatable bonds is 6. The molecule has 1 saturated carbocycles. The molecule has 6 aromatic carbocycles. The van der Waals surface area contributed by atoms with E-state index >= 15 is 0 Å². The predicted octanol–water partition coefficient (Wildman–Crippen LogP) is 16.1. The maximum Gasteiger partial charge on any atom is 1.00 e. The average Bonchev–Trinajstić information content (AvgIpc) is 3.88. The smallest absolute Gasteiger partial charge is 0.346 e. The predicted molar refractivity (Wildman–Crippen MR) is 311 cm³/mol. The molecule has 1 fully saturated rings. The van der Waals surface area contributed by atoms with Gasteiger partial charge in [-0.15, -0.1) is 0 Å². The van der Waals surface area contributed by atoms with Crippen molar-refractivity contribution >= 4 is 20.2 Å². The largest absolute Gasteiger partial charge is 1.00 e. The Hall–Kier alpha value is -3.21. The molecule has 0 amide bonds. The van der Waals surface area contributed by atoms with Gasteiger partial charge in [0.25, 0.3) is 20.2 Å². The summed E-state index contributed by atoms with van der Waals surface area (Å²) in [6.45, 7) is 13.6. The zero-order chi connectivity index (χ0) is 45.0. The Balaban J connectivity index is -0.0000000545. The Bertz CT molecular complexity index is 1740. The van der Waals surface area contributed by atoms with E-state index in [9.17, 15) is 16.8 Å². The van der Waals surface area contributed by atoms with Crippen LogP contribution in [0, 0.1) is 44.1 Å². The Morgan fingerprint density at radius 1 is 0.386 bits per heavy atom. The normalized spacial score (nSPS) is 9.09. The van der Waals surface area contributed by atoms with Crippen molar-refractivity contribution in [3.8, 4) is 0 Å². The summed E-state index contributed by atoms with van der Waals surface area (Å²) in [6.07, 6.45) is 11.0. The van der Waals surface area contributed by atoms with Crippen molar-refractivity contribution in [3.05, 3.63) is 223 Å². The summed E-state index contributed by atoms with van der Waals surface area (Å²) in [5, 5.41) is 0. The first-order chi connectivity index (χ1) is 28.9. The first-order valence-corrected chi connectivity index (χ1v) is 23.8. The summed E-state index contributed by atoms with van der Waals surface area (Å²) < 4.78 is 58.3. The summed E-state index contributed by atoms with van der Waals surface area (Å²) in [6, 6.07) is 62.5. The summed E-state index contributed by atoms with van der Waals surface area (Å²) in [7, 11) is -7.75. The van der Waals surface area contributed by atoms with Crippen molar-refractivity contribution in [1.29, 1.82) is 0 Å². The van der Waals surface area contributed by atoms with Crippen molar-refractivity contribution in [1.82, 2.24) is 0 Å². The maximum atomic E-state index is 10.4. The number of hydrogen-bond donors (Lipinski definition) is 2. The number of aryl methyl sites for hydroxylation is 2. The van der Waals surface area contributed by atoms with E-state index in [1.165, 1.54) is 49.7 Å². The van der Waals surface area contributed by atoms with E-state index in [0.717, 1.165) is 12.8 Å². The Labute approximate surface area is 472 Å². The van der Waals surface area contributed by atoms with Gasteiger partial charge in [0, 0.05) is 31.1 Å². The molecule has 0 aliphatic heterocycles. The summed E-state index contributed by atoms with van der Waals surface area (Å²) in [5.74, 6) is -0.623. The van der Waals surface area contributed by atoms with Gasteiger partial charge >= 0.3 is 18.9 Å². The van der Waals surface area contributed by atoms with Crippen LogP contribution in [0.15, 0.2) is 188 Å². The quantitative estimate of drug-likeness (QED) is 0.0977. The minimum Gasteiger partial charge on any atom is -0.346 e. The maximum absolute atomic E-state index is 10.4. The fourth-order valence-corrected chi connectivity index (χ4v) is 5.84. The third-order valence-electron chi connectivity index (χ3n) is 7.41. The van der Waals surface area contributed by atoms with Crippen LogP contribution in [0.25, 0.3) is 0 Å². The molecule has 0 heterocycles. The van der Waals surface area contributed by atoms with Crippen LogP contribution >= 0.6 is 0 Å². The minimum atomic E-state index is -3.88. The van der Waals surface area contributed by atoms with Crippen LogP contribution in [-0.4, -0.2) is 25.9 Å². The summed E-state index contributed by atoms with van der Waals surface area (Å²) in [4.78, 5) is 0. The molecule has 7 rings (SSSR count). The first kappa shape index (κ1) is 96.3. The second-order valence-electron chi connectivity index (χ2n) is 12.8. The molecular weight excluding hydrogens is 1130 g/mol. The van der Waals surface area contributed by atoms with Crippen molar-refractivity contribution in [2.45, 2.75) is 157 Å². The molecule has 0 bridgehead atoms. The van der Waals surface area contributed by atoms with Gasteiger partial charge in [-0.1, -0.05) is 283 Å². The molecule has 1 aliphatic carbocycles. The monoisotopic (exact) mass is 1230 g/mol. The van der Waals surface area contributed by atoms with Crippen LogP contribution in [-0.2, 0) is 44.6 Å². The van der Waals surface area contributed by atoms with Crippen LogP contribution < -0.4 is 18.9 Å². The zero-order valence-corrected chi connectivity index (χ0v) is 43.8. The Morgan fingerprint density at radius 2 is 0.557 bits per heavy atom. The van der Waals surface area contributed by atoms with Gasteiger partial charge in [-0.2, -0.15) is 60.2 Å². The first-order valence-electron chi connectivity index (χ1n) is 20.6. The zero-order valence-electron chi connectivity index (χ0n) is 38.0. The topological polar surface area (TPSA) is 109 Å². The van der Waals surface area contributed by atoms with Crippen LogP contribution in [0.4, 0.5) is 0 Å². The fraction of sp³-hybridized carbons (Fsp3) is 0.383.